The van der Waals surface area contributed by atoms with Gasteiger partial charge in [0.25, 0.3) is 0 Å². The van der Waals surface area contributed by atoms with Crippen molar-refractivity contribution in [3.63, 3.8) is 0 Å². The summed E-state index contributed by atoms with van der Waals surface area (Å²) >= 11 is 0. The van der Waals surface area contributed by atoms with Gasteiger partial charge < -0.3 is 94.4 Å². The molecule has 0 unspecified atom stereocenters. The number of ether oxygens (including phenoxy) is 7. The van der Waals surface area contributed by atoms with Gasteiger partial charge in [0.1, 0.15) is 67.1 Å². The van der Waals surface area contributed by atoms with Crippen LogP contribution in [-0.2, 0) is 33.2 Å². The second kappa shape index (κ2) is 18.9. The summed E-state index contributed by atoms with van der Waals surface area (Å²) in [4.78, 5) is 0. The van der Waals surface area contributed by atoms with Gasteiger partial charge in [0.2, 0.25) is 0 Å². The maximum absolute atomic E-state index is 12.1. The Bertz CT molecular complexity index is 1580. The van der Waals surface area contributed by atoms with E-state index in [-0.39, 0.29) is 47.2 Å². The summed E-state index contributed by atoms with van der Waals surface area (Å²) in [5.74, 6) is -0.0681. The van der Waals surface area contributed by atoms with Gasteiger partial charge in [-0.25, -0.2) is 0 Å². The monoisotopic (exact) mass is 920 g/mol. The Morgan fingerprint density at radius 1 is 0.672 bits per heavy atom. The van der Waals surface area contributed by atoms with Gasteiger partial charge in [-0.3, -0.25) is 0 Å². The van der Waals surface area contributed by atoms with Gasteiger partial charge in [0, 0.05) is 12.3 Å². The Balaban J connectivity index is 0.883. The van der Waals surface area contributed by atoms with E-state index in [0.717, 1.165) is 32.1 Å². The molecular weight excluding hydrogens is 844 g/mol. The molecule has 28 atom stereocenters. The third-order valence-electron chi connectivity index (χ3n) is 18.0. The topological polar surface area (TPSA) is 307 Å². The van der Waals surface area contributed by atoms with E-state index >= 15 is 0 Å². The Kier molecular flexibility index (Phi) is 14.6. The van der Waals surface area contributed by atoms with Gasteiger partial charge in [-0.1, -0.05) is 27.7 Å². The average molecular weight is 921 g/mol. The van der Waals surface area contributed by atoms with E-state index in [1.54, 1.807) is 0 Å². The molecule has 370 valence electrons. The minimum Gasteiger partial charge on any atom is -0.394 e. The molecule has 0 aromatic carbocycles. The van der Waals surface area contributed by atoms with E-state index in [4.69, 9.17) is 33.2 Å². The summed E-state index contributed by atoms with van der Waals surface area (Å²) in [6.45, 7) is 9.19. The minimum absolute atomic E-state index is 0.0563. The zero-order valence-corrected chi connectivity index (χ0v) is 37.6. The molecule has 4 heterocycles. The van der Waals surface area contributed by atoms with Crippen molar-refractivity contribution >= 4 is 0 Å². The minimum atomic E-state index is -1.70. The molecule has 0 spiro atoms. The number of aliphatic hydroxyl groups excluding tert-OH is 11. The van der Waals surface area contributed by atoms with Gasteiger partial charge in [0.05, 0.1) is 44.2 Å². The Labute approximate surface area is 374 Å². The smallest absolute Gasteiger partial charge is 0.187 e. The summed E-state index contributed by atoms with van der Waals surface area (Å²) in [5.41, 5.74) is -0.263. The van der Waals surface area contributed by atoms with Crippen LogP contribution in [0.3, 0.4) is 0 Å². The zero-order valence-electron chi connectivity index (χ0n) is 37.6. The number of aliphatic hydroxyl groups is 12. The normalized spacial score (nSPS) is 56.8. The van der Waals surface area contributed by atoms with Crippen LogP contribution in [0.25, 0.3) is 0 Å². The van der Waals surface area contributed by atoms with Crippen molar-refractivity contribution < 1.29 is 94.4 Å². The van der Waals surface area contributed by atoms with E-state index in [9.17, 15) is 61.3 Å². The largest absolute Gasteiger partial charge is 0.394 e. The molecule has 12 N–H and O–H groups in total. The van der Waals surface area contributed by atoms with Crippen LogP contribution in [0.15, 0.2) is 0 Å². The molecule has 0 radical (unpaired) electrons. The van der Waals surface area contributed by atoms with Crippen LogP contribution in [0.5, 0.6) is 0 Å². The highest BCUT2D eigenvalue weighted by atomic mass is 16.8. The first kappa shape index (κ1) is 49.7. The number of hydrogen-bond acceptors (Lipinski definition) is 19. The molecular formula is C45H76O19. The Morgan fingerprint density at radius 3 is 2.00 bits per heavy atom. The van der Waals surface area contributed by atoms with Crippen molar-refractivity contribution in [1.82, 2.24) is 0 Å². The highest BCUT2D eigenvalue weighted by molar-refractivity contribution is 5.15. The molecule has 0 amide bonds. The molecule has 8 rings (SSSR count). The predicted octanol–water partition coefficient (Wildman–Crippen LogP) is -1.78. The van der Waals surface area contributed by atoms with Crippen LogP contribution in [0.4, 0.5) is 0 Å². The van der Waals surface area contributed by atoms with Crippen molar-refractivity contribution in [3.8, 4) is 0 Å². The molecule has 0 bridgehead atoms. The maximum Gasteiger partial charge on any atom is 0.187 e. The van der Waals surface area contributed by atoms with Crippen LogP contribution in [0.1, 0.15) is 92.4 Å². The van der Waals surface area contributed by atoms with E-state index in [2.05, 4.69) is 20.8 Å². The summed E-state index contributed by atoms with van der Waals surface area (Å²) in [6.07, 6.45) is -16.4. The molecule has 19 nitrogen and oxygen atoms in total. The van der Waals surface area contributed by atoms with Gasteiger partial charge >= 0.3 is 0 Å². The first-order chi connectivity index (χ1) is 30.2. The maximum atomic E-state index is 12.1. The lowest BCUT2D eigenvalue weighted by molar-refractivity contribution is -0.374. The standard InChI is InChI=1S/C45H76O19/c1-18(17-58-40-37(55)35(53)32(50)28(15-46)61-40)8-11-45(57)19(2)30-27(64-45)13-24-22-7-6-21-12-26(25(48)14-44(21,5)23(22)9-10-43(24,30)4)60-42-39(36(54)33(51)29(16-47)62-42)63-41-38(56)34(52)31(49)20(3)59-41/h18-42,46-57H,6-17H2,1-5H3/t18-,19+,20+,21+,22-,23+,24+,25-,26-,27+,28-,29-,30+,31+,32+,33+,34-,35+,36+,37-,38-,39-,40-,41+,42-,43+,44+,45-/m1/s1. The first-order valence-electron chi connectivity index (χ1n) is 23.8. The van der Waals surface area contributed by atoms with E-state index in [1.807, 2.05) is 6.92 Å². The van der Waals surface area contributed by atoms with E-state index < -0.39 is 123 Å². The van der Waals surface area contributed by atoms with Crippen LogP contribution < -0.4 is 0 Å². The summed E-state index contributed by atoms with van der Waals surface area (Å²) in [5, 5.41) is 127. The second-order valence-electron chi connectivity index (χ2n) is 21.6. The highest BCUT2D eigenvalue weighted by Crippen LogP contribution is 2.71. The fourth-order valence-electron chi connectivity index (χ4n) is 14.1. The van der Waals surface area contributed by atoms with Crippen molar-refractivity contribution in [2.45, 2.75) is 209 Å². The SMILES string of the molecule is C[C@H](CC[C@@]1(O)O[C@H]2C[C@H]3[C@@H]4CC[C@H]5C[C@@H](O[C@@H]6O[C@H](CO)[C@H](O)[C@H](O)[C@H]6O[C@@H]6O[C@@H](C)[C@H](O)[C@@H](O)[C@H]6O)[C@H](O)C[C@]5(C)[C@H]4CC[C@]3(C)[C@H]2[C@@H]1C)CO[C@@H]1O[C@H](CO)[C@H](O)[C@H](O)[C@H]1O. The molecule has 0 aromatic heterocycles. The number of fused-ring (bicyclic) bond motifs is 7. The van der Waals surface area contributed by atoms with Crippen LogP contribution in [-0.4, -0.2) is 197 Å². The lowest BCUT2D eigenvalue weighted by Gasteiger charge is -2.62. The Hall–Kier alpha value is -0.760. The first-order valence-corrected chi connectivity index (χ1v) is 23.8. The average Bonchev–Trinajstić information content (AvgIpc) is 3.70. The molecule has 0 aromatic rings. The molecule has 4 saturated heterocycles. The molecule has 8 aliphatic rings. The van der Waals surface area contributed by atoms with Gasteiger partial charge in [0.15, 0.2) is 24.7 Å². The summed E-state index contributed by atoms with van der Waals surface area (Å²) < 4.78 is 41.9. The Morgan fingerprint density at radius 2 is 1.31 bits per heavy atom. The zero-order chi connectivity index (χ0) is 46.4. The molecule has 4 saturated carbocycles. The van der Waals surface area contributed by atoms with E-state index in [1.165, 1.54) is 6.92 Å². The predicted molar refractivity (Wildman–Crippen MR) is 219 cm³/mol. The molecule has 4 aliphatic heterocycles. The summed E-state index contributed by atoms with van der Waals surface area (Å²) in [6, 6.07) is 0. The van der Waals surface area contributed by atoms with E-state index in [0.29, 0.717) is 43.4 Å². The van der Waals surface area contributed by atoms with Gasteiger partial charge in [-0.15, -0.1) is 0 Å². The molecule has 4 aliphatic carbocycles. The quantitative estimate of drug-likeness (QED) is 0.0964. The molecule has 8 fully saturated rings. The van der Waals surface area contributed by atoms with Gasteiger partial charge in [-0.05, 0) is 105 Å². The third-order valence-corrected chi connectivity index (χ3v) is 18.0. The lowest BCUT2D eigenvalue weighted by Crippen LogP contribution is -2.65. The highest BCUT2D eigenvalue weighted by Gasteiger charge is 2.69. The fraction of sp³-hybridized carbons (Fsp3) is 1.00. The van der Waals surface area contributed by atoms with Gasteiger partial charge in [-0.2, -0.15) is 0 Å². The second-order valence-corrected chi connectivity index (χ2v) is 21.6. The van der Waals surface area contributed by atoms with Crippen LogP contribution >= 0.6 is 0 Å². The van der Waals surface area contributed by atoms with Crippen LogP contribution in [0.2, 0.25) is 0 Å². The molecule has 19 heteroatoms. The van der Waals surface area contributed by atoms with Crippen LogP contribution in [0, 0.1) is 52.3 Å². The van der Waals surface area contributed by atoms with Crippen molar-refractivity contribution in [2.24, 2.45) is 52.3 Å². The fourth-order valence-corrected chi connectivity index (χ4v) is 14.1. The third kappa shape index (κ3) is 8.55. The number of rotatable bonds is 12. The number of hydrogen-bond donors (Lipinski definition) is 12. The lowest BCUT2D eigenvalue weighted by atomic mass is 9.44. The van der Waals surface area contributed by atoms with Crippen molar-refractivity contribution in [2.75, 3.05) is 19.8 Å². The van der Waals surface area contributed by atoms with Crippen molar-refractivity contribution in [1.29, 1.82) is 0 Å². The molecule has 64 heavy (non-hydrogen) atoms. The van der Waals surface area contributed by atoms with Crippen molar-refractivity contribution in [3.05, 3.63) is 0 Å². The summed E-state index contributed by atoms with van der Waals surface area (Å²) in [7, 11) is 0.